The Kier molecular flexibility index (Phi) is 8.21. The van der Waals surface area contributed by atoms with E-state index in [1.165, 1.54) is 0 Å². The number of hydrogen-bond acceptors (Lipinski definition) is 2. The zero-order valence-corrected chi connectivity index (χ0v) is 24.3. The average Bonchev–Trinajstić information content (AvgIpc) is 3.51. The third-order valence-electron chi connectivity index (χ3n) is 6.90. The molecule has 0 spiro atoms. The molecule has 0 aliphatic carbocycles. The number of fused-ring (bicyclic) bond motifs is 2. The molecule has 2 heterocycles. The van der Waals surface area contributed by atoms with Gasteiger partial charge >= 0.3 is 6.09 Å². The first kappa shape index (κ1) is 27.6. The monoisotopic (exact) mass is 549 g/mol. The van der Waals surface area contributed by atoms with Gasteiger partial charge in [-0.25, -0.2) is 4.79 Å². The Labute approximate surface area is 236 Å². The minimum absolute atomic E-state index is 0.0964. The molecule has 194 valence electrons. The molecule has 1 amide bonds. The van der Waals surface area contributed by atoms with Gasteiger partial charge in [0.1, 0.15) is 6.61 Å². The maximum absolute atomic E-state index is 13.3. The van der Waals surface area contributed by atoms with Gasteiger partial charge in [-0.15, -0.1) is 18.5 Å². The topological polar surface area (TPSA) is 61.1 Å². The number of hydrogen-bond donors (Lipinski definition) is 2. The first-order valence-electron chi connectivity index (χ1n) is 13.1. The lowest BCUT2D eigenvalue weighted by atomic mass is 9.50. The maximum atomic E-state index is 13.3. The minimum atomic E-state index is -1.36. The SMILES string of the molecule is [B]C([B])(CN(CCCC)C(=O)OCc1ccccc1)c1c(-c2cc3ccc(P)cc3[nH]2)[nH]c2cc(P)ccc12. The molecule has 0 saturated heterocycles. The number of ether oxygens (including phenoxy) is 1. The zero-order valence-electron chi connectivity index (χ0n) is 22.0. The first-order valence-corrected chi connectivity index (χ1v) is 14.2. The molecule has 0 fully saturated rings. The van der Waals surface area contributed by atoms with Crippen molar-refractivity contribution in [3.05, 3.63) is 83.9 Å². The number of unbranched alkanes of at least 4 members (excludes halogenated alkanes) is 1. The highest BCUT2D eigenvalue weighted by atomic mass is 31.0. The minimum Gasteiger partial charge on any atom is -0.445 e. The normalized spacial score (nSPS) is 11.8. The van der Waals surface area contributed by atoms with E-state index in [0.29, 0.717) is 6.54 Å². The molecule has 3 aromatic carbocycles. The molecule has 0 aliphatic rings. The number of carbonyl (C=O) groups excluding carboxylic acids is 1. The molecular formula is C30H31B2N3O2P2. The van der Waals surface area contributed by atoms with Crippen molar-refractivity contribution in [3.8, 4) is 11.4 Å². The Morgan fingerprint density at radius 2 is 1.67 bits per heavy atom. The van der Waals surface area contributed by atoms with Crippen LogP contribution in [-0.2, 0) is 16.6 Å². The summed E-state index contributed by atoms with van der Waals surface area (Å²) in [4.78, 5) is 22.0. The summed E-state index contributed by atoms with van der Waals surface area (Å²) in [6.45, 7) is 2.86. The molecule has 5 nitrogen and oxygen atoms in total. The Bertz CT molecular complexity index is 1620. The highest BCUT2D eigenvalue weighted by Gasteiger charge is 2.32. The van der Waals surface area contributed by atoms with Gasteiger partial charge in [-0.1, -0.05) is 73.2 Å². The molecule has 2 aromatic heterocycles. The number of nitrogens with zero attached hydrogens (tertiary/aromatic N) is 1. The molecule has 39 heavy (non-hydrogen) atoms. The van der Waals surface area contributed by atoms with Crippen molar-refractivity contribution in [2.24, 2.45) is 0 Å². The molecule has 9 heteroatoms. The summed E-state index contributed by atoms with van der Waals surface area (Å²) < 4.78 is 5.68. The lowest BCUT2D eigenvalue weighted by Crippen LogP contribution is -2.45. The van der Waals surface area contributed by atoms with Crippen LogP contribution in [0.1, 0.15) is 30.9 Å². The van der Waals surface area contributed by atoms with E-state index in [1.807, 2.05) is 42.5 Å². The number of aromatic amines is 2. The van der Waals surface area contributed by atoms with Crippen molar-refractivity contribution in [1.82, 2.24) is 14.9 Å². The largest absolute Gasteiger partial charge is 0.445 e. The molecule has 4 radical (unpaired) electrons. The van der Waals surface area contributed by atoms with Crippen molar-refractivity contribution in [1.29, 1.82) is 0 Å². The summed E-state index contributed by atoms with van der Waals surface area (Å²) in [6.07, 6.45) is 1.31. The summed E-state index contributed by atoms with van der Waals surface area (Å²) in [5.74, 6) is 0. The van der Waals surface area contributed by atoms with Gasteiger partial charge in [-0.3, -0.25) is 0 Å². The summed E-state index contributed by atoms with van der Waals surface area (Å²) in [5, 5.41) is 2.77. The fourth-order valence-corrected chi connectivity index (χ4v) is 5.50. The van der Waals surface area contributed by atoms with E-state index in [0.717, 1.165) is 67.8 Å². The van der Waals surface area contributed by atoms with Crippen LogP contribution >= 0.6 is 18.5 Å². The molecule has 2 unspecified atom stereocenters. The summed E-state index contributed by atoms with van der Waals surface area (Å²) in [6, 6.07) is 24.0. The quantitative estimate of drug-likeness (QED) is 0.195. The van der Waals surface area contributed by atoms with Gasteiger partial charge in [0.05, 0.1) is 27.1 Å². The fourth-order valence-electron chi connectivity index (χ4n) is 4.97. The number of rotatable bonds is 9. The van der Waals surface area contributed by atoms with Gasteiger partial charge < -0.3 is 19.6 Å². The van der Waals surface area contributed by atoms with E-state index in [-0.39, 0.29) is 13.2 Å². The molecule has 2 atom stereocenters. The summed E-state index contributed by atoms with van der Waals surface area (Å²) in [5.41, 5.74) is 5.29. The third kappa shape index (κ3) is 6.11. The lowest BCUT2D eigenvalue weighted by molar-refractivity contribution is 0.0943. The van der Waals surface area contributed by atoms with E-state index < -0.39 is 11.3 Å². The number of amides is 1. The number of carbonyl (C=O) groups is 1. The van der Waals surface area contributed by atoms with Crippen LogP contribution in [-0.4, -0.2) is 49.7 Å². The predicted molar refractivity (Wildman–Crippen MR) is 171 cm³/mol. The second-order valence-corrected chi connectivity index (χ2v) is 11.4. The van der Waals surface area contributed by atoms with Crippen LogP contribution in [0.15, 0.2) is 72.8 Å². The van der Waals surface area contributed by atoms with Crippen molar-refractivity contribution in [3.63, 3.8) is 0 Å². The number of benzene rings is 3. The summed E-state index contributed by atoms with van der Waals surface area (Å²) >= 11 is 0. The average molecular weight is 549 g/mol. The molecule has 2 N–H and O–H groups in total. The maximum Gasteiger partial charge on any atom is 0.410 e. The molecular weight excluding hydrogens is 518 g/mol. The van der Waals surface area contributed by atoms with Gasteiger partial charge in [0.2, 0.25) is 0 Å². The van der Waals surface area contributed by atoms with Crippen molar-refractivity contribution < 1.29 is 9.53 Å². The van der Waals surface area contributed by atoms with E-state index in [9.17, 15) is 4.79 Å². The Morgan fingerprint density at radius 1 is 0.949 bits per heavy atom. The highest BCUT2D eigenvalue weighted by Crippen LogP contribution is 2.37. The molecule has 0 saturated carbocycles. The highest BCUT2D eigenvalue weighted by molar-refractivity contribution is 7.27. The van der Waals surface area contributed by atoms with Crippen LogP contribution in [0.25, 0.3) is 33.2 Å². The van der Waals surface area contributed by atoms with Crippen LogP contribution in [0.3, 0.4) is 0 Å². The second kappa shape index (κ2) is 11.6. The lowest BCUT2D eigenvalue weighted by Gasteiger charge is -2.34. The van der Waals surface area contributed by atoms with Gasteiger partial charge in [0.15, 0.2) is 0 Å². The van der Waals surface area contributed by atoms with Crippen LogP contribution < -0.4 is 10.6 Å². The summed E-state index contributed by atoms with van der Waals surface area (Å²) in [7, 11) is 19.3. The van der Waals surface area contributed by atoms with Crippen molar-refractivity contribution in [2.75, 3.05) is 13.1 Å². The number of nitrogens with one attached hydrogen (secondary N) is 2. The number of aromatic nitrogens is 2. The standard InChI is InChI=1S/C30H31B2N3O2P2/c1-2-3-13-35(29(36)37-17-19-7-5-4-6-8-19)18-30(31,32)27-23-12-11-22(39)16-25(23)34-28(27)26-14-20-9-10-21(38)15-24(20)33-26/h4-12,14-16,33-34H,2-3,13,17-18,38-39H2,1H3. The first-order chi connectivity index (χ1) is 18.7. The van der Waals surface area contributed by atoms with E-state index in [2.05, 4.69) is 65.7 Å². The van der Waals surface area contributed by atoms with Gasteiger partial charge in [-0.2, -0.15) is 0 Å². The predicted octanol–water partition coefficient (Wildman–Crippen LogP) is 5.25. The van der Waals surface area contributed by atoms with E-state index in [4.69, 9.17) is 20.4 Å². The van der Waals surface area contributed by atoms with Gasteiger partial charge in [0, 0.05) is 34.9 Å². The van der Waals surface area contributed by atoms with Crippen LogP contribution in [0.4, 0.5) is 4.79 Å². The number of H-pyrrole nitrogens is 2. The van der Waals surface area contributed by atoms with Crippen LogP contribution in [0.2, 0.25) is 0 Å². The van der Waals surface area contributed by atoms with E-state index in [1.54, 1.807) is 4.90 Å². The smallest absolute Gasteiger partial charge is 0.410 e. The zero-order chi connectivity index (χ0) is 27.6. The van der Waals surface area contributed by atoms with Gasteiger partial charge in [0.25, 0.3) is 0 Å². The van der Waals surface area contributed by atoms with Crippen LogP contribution in [0.5, 0.6) is 0 Å². The van der Waals surface area contributed by atoms with Gasteiger partial charge in [-0.05, 0) is 46.4 Å². The van der Waals surface area contributed by atoms with Crippen molar-refractivity contribution >= 4 is 72.7 Å². The molecule has 0 bridgehead atoms. The molecule has 5 aromatic rings. The van der Waals surface area contributed by atoms with Crippen molar-refractivity contribution in [2.45, 2.75) is 31.6 Å². The molecule has 0 aliphatic heterocycles. The third-order valence-corrected chi connectivity index (χ3v) is 7.62. The second-order valence-electron chi connectivity index (χ2n) is 10.1. The Hall–Kier alpha value is -3.00. The Balaban J connectivity index is 1.52. The molecule has 5 rings (SSSR count). The van der Waals surface area contributed by atoms with Crippen LogP contribution in [0, 0.1) is 0 Å². The Morgan fingerprint density at radius 3 is 2.41 bits per heavy atom. The fraction of sp³-hybridized carbons (Fsp3) is 0.233. The van der Waals surface area contributed by atoms with E-state index >= 15 is 0 Å².